The standard InChI is InChI=1S/C18H18ClN3O4/c1-11-4-3-5-12(2)17(11)22-15(23)9-21-16(24)10-26-18(25)14-8-13(19)6-7-20-14/h3-8H,9-10H2,1-2H3,(H,21,24)(H,22,23). The van der Waals surface area contributed by atoms with Gasteiger partial charge in [-0.05, 0) is 37.1 Å². The van der Waals surface area contributed by atoms with Gasteiger partial charge < -0.3 is 15.4 Å². The van der Waals surface area contributed by atoms with E-state index in [-0.39, 0.29) is 18.1 Å². The number of halogens is 1. The van der Waals surface area contributed by atoms with Crippen molar-refractivity contribution in [2.45, 2.75) is 13.8 Å². The summed E-state index contributed by atoms with van der Waals surface area (Å²) < 4.78 is 4.83. The second-order valence-electron chi connectivity index (χ2n) is 5.53. The van der Waals surface area contributed by atoms with Crippen molar-refractivity contribution >= 4 is 35.1 Å². The van der Waals surface area contributed by atoms with Crippen LogP contribution in [0.1, 0.15) is 21.6 Å². The Morgan fingerprint density at radius 1 is 1.12 bits per heavy atom. The van der Waals surface area contributed by atoms with Crippen LogP contribution in [0.2, 0.25) is 5.02 Å². The average molecular weight is 376 g/mol. The number of hydrogen-bond donors (Lipinski definition) is 2. The fourth-order valence-electron chi connectivity index (χ4n) is 2.15. The van der Waals surface area contributed by atoms with Gasteiger partial charge in [0.25, 0.3) is 5.91 Å². The summed E-state index contributed by atoms with van der Waals surface area (Å²) in [6, 6.07) is 8.50. The van der Waals surface area contributed by atoms with Gasteiger partial charge in [-0.2, -0.15) is 0 Å². The van der Waals surface area contributed by atoms with Gasteiger partial charge in [-0.15, -0.1) is 0 Å². The molecule has 1 aromatic carbocycles. The molecular formula is C18H18ClN3O4. The zero-order valence-corrected chi connectivity index (χ0v) is 15.1. The van der Waals surface area contributed by atoms with Crippen molar-refractivity contribution in [1.82, 2.24) is 10.3 Å². The number of benzene rings is 1. The van der Waals surface area contributed by atoms with Gasteiger partial charge in [0.1, 0.15) is 5.69 Å². The molecule has 7 nitrogen and oxygen atoms in total. The quantitative estimate of drug-likeness (QED) is 0.755. The Morgan fingerprint density at radius 2 is 1.81 bits per heavy atom. The maximum atomic E-state index is 12.0. The van der Waals surface area contributed by atoms with E-state index in [1.165, 1.54) is 18.3 Å². The van der Waals surface area contributed by atoms with Crippen LogP contribution in [0, 0.1) is 13.8 Å². The molecule has 0 bridgehead atoms. The Labute approximate surface area is 155 Å². The van der Waals surface area contributed by atoms with E-state index in [4.69, 9.17) is 16.3 Å². The van der Waals surface area contributed by atoms with Crippen molar-refractivity contribution in [2.75, 3.05) is 18.5 Å². The molecule has 2 N–H and O–H groups in total. The minimum absolute atomic E-state index is 0.00179. The lowest BCUT2D eigenvalue weighted by Gasteiger charge is -2.12. The molecule has 2 amide bonds. The van der Waals surface area contributed by atoms with Gasteiger partial charge in [-0.1, -0.05) is 29.8 Å². The van der Waals surface area contributed by atoms with Crippen LogP contribution >= 0.6 is 11.6 Å². The molecule has 0 aliphatic heterocycles. The Balaban J connectivity index is 1.78. The summed E-state index contributed by atoms with van der Waals surface area (Å²) in [7, 11) is 0. The van der Waals surface area contributed by atoms with Crippen LogP contribution in [-0.2, 0) is 14.3 Å². The Bertz CT molecular complexity index is 819. The monoisotopic (exact) mass is 375 g/mol. The number of carbonyl (C=O) groups excluding carboxylic acids is 3. The molecule has 0 aliphatic rings. The van der Waals surface area contributed by atoms with Crippen LogP contribution in [0.4, 0.5) is 5.69 Å². The molecule has 1 aromatic heterocycles. The number of esters is 1. The van der Waals surface area contributed by atoms with Gasteiger partial charge in [-0.3, -0.25) is 9.59 Å². The summed E-state index contributed by atoms with van der Waals surface area (Å²) in [4.78, 5) is 39.2. The third-order valence-corrected chi connectivity index (χ3v) is 3.69. The van der Waals surface area contributed by atoms with E-state index < -0.39 is 18.5 Å². The van der Waals surface area contributed by atoms with Crippen LogP contribution in [-0.4, -0.2) is 35.9 Å². The van der Waals surface area contributed by atoms with Gasteiger partial charge in [0, 0.05) is 16.9 Å². The van der Waals surface area contributed by atoms with E-state index in [0.29, 0.717) is 10.7 Å². The van der Waals surface area contributed by atoms with Gasteiger partial charge >= 0.3 is 5.97 Å². The molecule has 8 heteroatoms. The van der Waals surface area contributed by atoms with Crippen LogP contribution in [0.25, 0.3) is 0 Å². The lowest BCUT2D eigenvalue weighted by molar-refractivity contribution is -0.126. The molecule has 0 radical (unpaired) electrons. The summed E-state index contributed by atoms with van der Waals surface area (Å²) in [5.74, 6) is -1.75. The molecule has 2 aromatic rings. The number of aryl methyl sites for hydroxylation is 2. The zero-order chi connectivity index (χ0) is 19.1. The summed E-state index contributed by atoms with van der Waals surface area (Å²) in [5, 5.41) is 5.46. The second kappa shape index (κ2) is 8.96. The number of pyridine rings is 1. The highest BCUT2D eigenvalue weighted by molar-refractivity contribution is 6.30. The molecule has 26 heavy (non-hydrogen) atoms. The van der Waals surface area contributed by atoms with Gasteiger partial charge in [0.2, 0.25) is 5.91 Å². The smallest absolute Gasteiger partial charge is 0.357 e. The minimum Gasteiger partial charge on any atom is -0.451 e. The number of nitrogens with zero attached hydrogens (tertiary/aromatic N) is 1. The second-order valence-corrected chi connectivity index (χ2v) is 5.96. The fraction of sp³-hybridized carbons (Fsp3) is 0.222. The van der Waals surface area contributed by atoms with Crippen LogP contribution in [0.15, 0.2) is 36.5 Å². The first-order valence-electron chi connectivity index (χ1n) is 7.78. The Morgan fingerprint density at radius 3 is 2.46 bits per heavy atom. The SMILES string of the molecule is Cc1cccc(C)c1NC(=O)CNC(=O)COC(=O)c1cc(Cl)ccn1. The van der Waals surface area contributed by atoms with E-state index in [0.717, 1.165) is 11.1 Å². The number of carbonyl (C=O) groups is 3. The van der Waals surface area contributed by atoms with Crippen molar-refractivity contribution in [2.24, 2.45) is 0 Å². The van der Waals surface area contributed by atoms with E-state index in [2.05, 4.69) is 15.6 Å². The van der Waals surface area contributed by atoms with Crippen LogP contribution < -0.4 is 10.6 Å². The molecule has 1 heterocycles. The predicted molar refractivity (Wildman–Crippen MR) is 97.1 cm³/mol. The molecule has 0 atom stereocenters. The summed E-state index contributed by atoms with van der Waals surface area (Å²) >= 11 is 5.75. The summed E-state index contributed by atoms with van der Waals surface area (Å²) in [5.41, 5.74) is 2.56. The van der Waals surface area contributed by atoms with E-state index >= 15 is 0 Å². The summed E-state index contributed by atoms with van der Waals surface area (Å²) in [6.45, 7) is 3.00. The number of aromatic nitrogens is 1. The van der Waals surface area contributed by atoms with E-state index in [1.54, 1.807) is 0 Å². The lowest BCUT2D eigenvalue weighted by atomic mass is 10.1. The number of rotatable bonds is 6. The molecular weight excluding hydrogens is 358 g/mol. The zero-order valence-electron chi connectivity index (χ0n) is 14.3. The fourth-order valence-corrected chi connectivity index (χ4v) is 2.31. The predicted octanol–water partition coefficient (Wildman–Crippen LogP) is 2.26. The molecule has 136 valence electrons. The van der Waals surface area contributed by atoms with Crippen LogP contribution in [0.5, 0.6) is 0 Å². The topological polar surface area (TPSA) is 97.4 Å². The maximum absolute atomic E-state index is 12.0. The number of ether oxygens (including phenoxy) is 1. The molecule has 0 saturated carbocycles. The average Bonchev–Trinajstić information content (AvgIpc) is 2.61. The lowest BCUT2D eigenvalue weighted by Crippen LogP contribution is -2.35. The van der Waals surface area contributed by atoms with Crippen molar-refractivity contribution in [3.05, 3.63) is 58.4 Å². The number of para-hydroxylation sites is 1. The largest absolute Gasteiger partial charge is 0.451 e. The first-order valence-corrected chi connectivity index (χ1v) is 8.16. The normalized spacial score (nSPS) is 10.1. The van der Waals surface area contributed by atoms with E-state index in [9.17, 15) is 14.4 Å². The first kappa shape index (κ1) is 19.4. The third-order valence-electron chi connectivity index (χ3n) is 3.46. The highest BCUT2D eigenvalue weighted by Gasteiger charge is 2.13. The summed E-state index contributed by atoms with van der Waals surface area (Å²) in [6.07, 6.45) is 1.36. The number of amides is 2. The van der Waals surface area contributed by atoms with Gasteiger partial charge in [0.15, 0.2) is 6.61 Å². The number of hydrogen-bond acceptors (Lipinski definition) is 5. The van der Waals surface area contributed by atoms with Crippen LogP contribution in [0.3, 0.4) is 0 Å². The highest BCUT2D eigenvalue weighted by atomic mass is 35.5. The molecule has 0 spiro atoms. The number of anilines is 1. The van der Waals surface area contributed by atoms with Crippen molar-refractivity contribution < 1.29 is 19.1 Å². The Kier molecular flexibility index (Phi) is 6.68. The first-order chi connectivity index (χ1) is 12.4. The van der Waals surface area contributed by atoms with Crippen molar-refractivity contribution in [3.63, 3.8) is 0 Å². The van der Waals surface area contributed by atoms with Gasteiger partial charge in [-0.25, -0.2) is 9.78 Å². The Hall–Kier alpha value is -2.93. The van der Waals surface area contributed by atoms with Crippen molar-refractivity contribution in [3.8, 4) is 0 Å². The molecule has 2 rings (SSSR count). The highest BCUT2D eigenvalue weighted by Crippen LogP contribution is 2.18. The molecule has 0 saturated heterocycles. The van der Waals surface area contributed by atoms with E-state index in [1.807, 2.05) is 32.0 Å². The number of nitrogens with one attached hydrogen (secondary N) is 2. The maximum Gasteiger partial charge on any atom is 0.357 e. The molecule has 0 fully saturated rings. The molecule has 0 aliphatic carbocycles. The van der Waals surface area contributed by atoms with Gasteiger partial charge in [0.05, 0.1) is 6.54 Å². The minimum atomic E-state index is -0.775. The molecule has 0 unspecified atom stereocenters. The van der Waals surface area contributed by atoms with Crippen molar-refractivity contribution in [1.29, 1.82) is 0 Å². The third kappa shape index (κ3) is 5.56.